The molecule has 20 heavy (non-hydrogen) atoms. The quantitative estimate of drug-likeness (QED) is 0.630. The predicted octanol–water partition coefficient (Wildman–Crippen LogP) is 2.95. The molecule has 0 heterocycles. The molecule has 0 aromatic heterocycles. The van der Waals surface area contributed by atoms with Gasteiger partial charge in [0, 0.05) is 5.92 Å². The zero-order chi connectivity index (χ0) is 13.9. The van der Waals surface area contributed by atoms with Crippen LogP contribution in [0.2, 0.25) is 0 Å². The van der Waals surface area contributed by atoms with E-state index < -0.39 is 6.17 Å². The third-order valence-corrected chi connectivity index (χ3v) is 3.50. The summed E-state index contributed by atoms with van der Waals surface area (Å²) < 4.78 is 0. The van der Waals surface area contributed by atoms with Gasteiger partial charge in [0.2, 0.25) is 12.2 Å². The highest BCUT2D eigenvalue weighted by Crippen LogP contribution is 2.37. The first kappa shape index (κ1) is 12.2. The van der Waals surface area contributed by atoms with Crippen molar-refractivity contribution in [2.45, 2.75) is 12.1 Å². The lowest BCUT2D eigenvalue weighted by molar-refractivity contribution is 0.541. The first-order chi connectivity index (χ1) is 9.85. The standard InChI is InChI=1S/C16H10N2O2/c19-9-17-16(18-10-20)14-8-7-12-4-1-3-11-5-2-6-13(14)15(11)12/h1-8,14,16H. The van der Waals surface area contributed by atoms with E-state index in [4.69, 9.17) is 0 Å². The fourth-order valence-corrected chi connectivity index (χ4v) is 2.68. The average molecular weight is 262 g/mol. The second-order valence-corrected chi connectivity index (χ2v) is 4.53. The molecule has 0 N–H and O–H groups in total. The van der Waals surface area contributed by atoms with Crippen LogP contribution in [0.15, 0.2) is 52.5 Å². The summed E-state index contributed by atoms with van der Waals surface area (Å²) in [6, 6.07) is 12.0. The number of aliphatic imine (C=N–C) groups is 2. The average Bonchev–Trinajstić information content (AvgIpc) is 2.48. The van der Waals surface area contributed by atoms with E-state index in [1.165, 1.54) is 12.2 Å². The predicted molar refractivity (Wildman–Crippen MR) is 75.8 cm³/mol. The van der Waals surface area contributed by atoms with Crippen LogP contribution in [0.5, 0.6) is 0 Å². The van der Waals surface area contributed by atoms with E-state index in [1.807, 2.05) is 48.6 Å². The molecule has 3 rings (SSSR count). The van der Waals surface area contributed by atoms with Gasteiger partial charge >= 0.3 is 0 Å². The molecule has 0 spiro atoms. The molecule has 4 nitrogen and oxygen atoms in total. The molecule has 1 aliphatic carbocycles. The highest BCUT2D eigenvalue weighted by atomic mass is 16.1. The van der Waals surface area contributed by atoms with E-state index in [2.05, 4.69) is 9.98 Å². The van der Waals surface area contributed by atoms with Gasteiger partial charge in [0.1, 0.15) is 0 Å². The van der Waals surface area contributed by atoms with Gasteiger partial charge in [-0.25, -0.2) is 9.59 Å². The molecule has 2 aromatic carbocycles. The molecule has 4 heteroatoms. The van der Waals surface area contributed by atoms with Crippen LogP contribution in [0.25, 0.3) is 16.8 Å². The van der Waals surface area contributed by atoms with Crippen LogP contribution in [0.3, 0.4) is 0 Å². The van der Waals surface area contributed by atoms with Crippen LogP contribution < -0.4 is 0 Å². The Morgan fingerprint density at radius 3 is 2.40 bits per heavy atom. The number of hydrogen-bond acceptors (Lipinski definition) is 4. The SMILES string of the molecule is O=C=NC(N=C=O)C1C=Cc2cccc3cccc1c23. The van der Waals surface area contributed by atoms with Crippen LogP contribution in [0.4, 0.5) is 0 Å². The van der Waals surface area contributed by atoms with Crippen molar-refractivity contribution in [3.8, 4) is 0 Å². The molecular formula is C16H10N2O2. The largest absolute Gasteiger partial charge is 0.237 e. The Morgan fingerprint density at radius 2 is 1.70 bits per heavy atom. The molecule has 0 saturated heterocycles. The molecule has 1 atom stereocenters. The molecule has 0 saturated carbocycles. The van der Waals surface area contributed by atoms with E-state index in [0.717, 1.165) is 21.9 Å². The Morgan fingerprint density at radius 1 is 1.00 bits per heavy atom. The topological polar surface area (TPSA) is 58.9 Å². The van der Waals surface area contributed by atoms with Crippen LogP contribution >= 0.6 is 0 Å². The second-order valence-electron chi connectivity index (χ2n) is 4.53. The monoisotopic (exact) mass is 262 g/mol. The lowest BCUT2D eigenvalue weighted by Gasteiger charge is -2.22. The van der Waals surface area contributed by atoms with Gasteiger partial charge in [0.15, 0.2) is 6.17 Å². The normalized spacial score (nSPS) is 17.1. The van der Waals surface area contributed by atoms with Gasteiger partial charge in [0.25, 0.3) is 0 Å². The highest BCUT2D eigenvalue weighted by Gasteiger charge is 2.25. The van der Waals surface area contributed by atoms with E-state index >= 15 is 0 Å². The Hall–Kier alpha value is -2.80. The van der Waals surface area contributed by atoms with Gasteiger partial charge < -0.3 is 0 Å². The smallest absolute Gasteiger partial charge is 0.211 e. The first-order valence-electron chi connectivity index (χ1n) is 6.19. The molecule has 96 valence electrons. The minimum atomic E-state index is -0.805. The van der Waals surface area contributed by atoms with Crippen molar-refractivity contribution in [1.82, 2.24) is 0 Å². The number of isocyanates is 2. The highest BCUT2D eigenvalue weighted by molar-refractivity contribution is 5.95. The lowest BCUT2D eigenvalue weighted by Crippen LogP contribution is -2.15. The van der Waals surface area contributed by atoms with Crippen molar-refractivity contribution in [3.63, 3.8) is 0 Å². The minimum Gasteiger partial charge on any atom is -0.211 e. The second kappa shape index (κ2) is 5.06. The van der Waals surface area contributed by atoms with Crippen LogP contribution in [0.1, 0.15) is 17.0 Å². The van der Waals surface area contributed by atoms with E-state index in [0.29, 0.717) is 0 Å². The zero-order valence-corrected chi connectivity index (χ0v) is 10.5. The molecular weight excluding hydrogens is 252 g/mol. The fourth-order valence-electron chi connectivity index (χ4n) is 2.68. The summed E-state index contributed by atoms with van der Waals surface area (Å²) in [7, 11) is 0. The summed E-state index contributed by atoms with van der Waals surface area (Å²) in [6.45, 7) is 0. The molecule has 0 aliphatic heterocycles. The maximum Gasteiger partial charge on any atom is 0.237 e. The van der Waals surface area contributed by atoms with Crippen LogP contribution in [-0.4, -0.2) is 18.3 Å². The summed E-state index contributed by atoms with van der Waals surface area (Å²) in [5.74, 6) is -0.253. The molecule has 0 bridgehead atoms. The van der Waals surface area contributed by atoms with E-state index in [1.54, 1.807) is 0 Å². The van der Waals surface area contributed by atoms with Gasteiger partial charge in [-0.2, -0.15) is 9.98 Å². The van der Waals surface area contributed by atoms with Gasteiger partial charge in [-0.05, 0) is 21.9 Å². The number of rotatable bonds is 3. The van der Waals surface area contributed by atoms with E-state index in [-0.39, 0.29) is 5.92 Å². The Labute approximate surface area is 115 Å². The number of hydrogen-bond donors (Lipinski definition) is 0. The molecule has 1 aliphatic rings. The Kier molecular flexibility index (Phi) is 3.10. The third kappa shape index (κ3) is 1.90. The molecule has 0 fully saturated rings. The number of carbonyl (C=O) groups excluding carboxylic acids is 2. The third-order valence-electron chi connectivity index (χ3n) is 3.50. The summed E-state index contributed by atoms with van der Waals surface area (Å²) in [5.41, 5.74) is 2.11. The van der Waals surface area contributed by atoms with Gasteiger partial charge in [-0.3, -0.25) is 0 Å². The first-order valence-corrected chi connectivity index (χ1v) is 6.19. The van der Waals surface area contributed by atoms with Gasteiger partial charge in [0.05, 0.1) is 0 Å². The summed E-state index contributed by atoms with van der Waals surface area (Å²) >= 11 is 0. The maximum absolute atomic E-state index is 10.5. The molecule has 2 aromatic rings. The van der Waals surface area contributed by atoms with Crippen molar-refractivity contribution in [2.24, 2.45) is 9.98 Å². The van der Waals surface area contributed by atoms with Crippen molar-refractivity contribution in [1.29, 1.82) is 0 Å². The van der Waals surface area contributed by atoms with Gasteiger partial charge in [-0.1, -0.05) is 48.6 Å². The Bertz CT molecular complexity index is 774. The Balaban J connectivity index is 2.23. The minimum absolute atomic E-state index is 0.253. The zero-order valence-electron chi connectivity index (χ0n) is 10.5. The van der Waals surface area contributed by atoms with Crippen molar-refractivity contribution in [2.75, 3.05) is 0 Å². The fraction of sp³-hybridized carbons (Fsp3) is 0.125. The maximum atomic E-state index is 10.5. The molecule has 0 amide bonds. The van der Waals surface area contributed by atoms with Crippen molar-refractivity contribution >= 4 is 29.0 Å². The van der Waals surface area contributed by atoms with Crippen molar-refractivity contribution in [3.05, 3.63) is 53.6 Å². The summed E-state index contributed by atoms with van der Waals surface area (Å²) in [5, 5.41) is 2.22. The summed E-state index contributed by atoms with van der Waals surface area (Å²) in [6.07, 6.45) is 6.02. The summed E-state index contributed by atoms with van der Waals surface area (Å²) in [4.78, 5) is 28.3. The van der Waals surface area contributed by atoms with Gasteiger partial charge in [-0.15, -0.1) is 0 Å². The number of nitrogens with zero attached hydrogens (tertiary/aromatic N) is 2. The molecule has 1 unspecified atom stereocenters. The van der Waals surface area contributed by atoms with Crippen molar-refractivity contribution < 1.29 is 9.59 Å². The van der Waals surface area contributed by atoms with Crippen LogP contribution in [-0.2, 0) is 9.59 Å². The molecule has 0 radical (unpaired) electrons. The van der Waals surface area contributed by atoms with E-state index in [9.17, 15) is 9.59 Å². The number of benzene rings is 2. The van der Waals surface area contributed by atoms with Crippen LogP contribution in [0, 0.1) is 0 Å². The lowest BCUT2D eigenvalue weighted by atomic mass is 9.84.